The van der Waals surface area contributed by atoms with Gasteiger partial charge in [0.1, 0.15) is 0 Å². The highest BCUT2D eigenvalue weighted by atomic mass is 16.3. The fraction of sp³-hybridized carbons (Fsp3) is 0.538. The molecule has 2 heteroatoms. The number of hydrogen-bond donors (Lipinski definition) is 2. The first-order valence-corrected chi connectivity index (χ1v) is 5.63. The van der Waals surface area contributed by atoms with Crippen LogP contribution in [-0.4, -0.2) is 17.3 Å². The predicted octanol–water partition coefficient (Wildman–Crippen LogP) is 1.92. The van der Waals surface area contributed by atoms with Gasteiger partial charge in [-0.3, -0.25) is 0 Å². The Balaban J connectivity index is 1.91. The van der Waals surface area contributed by atoms with Crippen LogP contribution in [-0.2, 0) is 6.54 Å². The maximum atomic E-state index is 9.17. The van der Waals surface area contributed by atoms with Gasteiger partial charge in [-0.2, -0.15) is 0 Å². The molecule has 0 amide bonds. The zero-order chi connectivity index (χ0) is 10.8. The molecule has 0 bridgehead atoms. The lowest BCUT2D eigenvalue weighted by Gasteiger charge is -2.32. The fourth-order valence-electron chi connectivity index (χ4n) is 2.01. The normalized spacial score (nSPS) is 25.0. The van der Waals surface area contributed by atoms with Crippen LogP contribution in [0.5, 0.6) is 0 Å². The topological polar surface area (TPSA) is 32.3 Å². The van der Waals surface area contributed by atoms with Crippen LogP contribution in [0, 0.1) is 13.8 Å². The fourth-order valence-corrected chi connectivity index (χ4v) is 2.01. The molecule has 0 unspecified atom stereocenters. The summed E-state index contributed by atoms with van der Waals surface area (Å²) in [6.07, 6.45) is 1.75. The van der Waals surface area contributed by atoms with Crippen LogP contribution in [0.15, 0.2) is 18.2 Å². The smallest absolute Gasteiger partial charge is 0.0570 e. The third-order valence-corrected chi connectivity index (χ3v) is 3.41. The largest absolute Gasteiger partial charge is 0.393 e. The first-order chi connectivity index (χ1) is 7.16. The Morgan fingerprint density at radius 1 is 1.33 bits per heavy atom. The van der Waals surface area contributed by atoms with Crippen molar-refractivity contribution < 1.29 is 5.11 Å². The van der Waals surface area contributed by atoms with Crippen molar-refractivity contribution >= 4 is 0 Å². The highest BCUT2D eigenvalue weighted by Crippen LogP contribution is 2.20. The molecule has 1 aromatic rings. The molecule has 0 atom stereocenters. The lowest BCUT2D eigenvalue weighted by atomic mass is 9.89. The second-order valence-corrected chi connectivity index (χ2v) is 4.56. The van der Waals surface area contributed by atoms with Gasteiger partial charge in [0, 0.05) is 12.6 Å². The van der Waals surface area contributed by atoms with Gasteiger partial charge < -0.3 is 10.4 Å². The Bertz CT molecular complexity index is 342. The summed E-state index contributed by atoms with van der Waals surface area (Å²) in [5, 5.41) is 12.6. The number of rotatable bonds is 3. The zero-order valence-corrected chi connectivity index (χ0v) is 9.46. The Hall–Kier alpha value is -0.860. The molecule has 15 heavy (non-hydrogen) atoms. The first-order valence-electron chi connectivity index (χ1n) is 5.63. The minimum Gasteiger partial charge on any atom is -0.393 e. The minimum absolute atomic E-state index is 0.0684. The summed E-state index contributed by atoms with van der Waals surface area (Å²) in [5.74, 6) is 0. The van der Waals surface area contributed by atoms with Crippen LogP contribution in [0.25, 0.3) is 0 Å². The van der Waals surface area contributed by atoms with E-state index < -0.39 is 0 Å². The van der Waals surface area contributed by atoms with E-state index in [9.17, 15) is 5.11 Å². The van der Waals surface area contributed by atoms with Crippen molar-refractivity contribution in [3.63, 3.8) is 0 Å². The van der Waals surface area contributed by atoms with E-state index in [-0.39, 0.29) is 6.10 Å². The molecule has 1 aromatic carbocycles. The van der Waals surface area contributed by atoms with Crippen LogP contribution in [0.4, 0.5) is 0 Å². The molecule has 2 rings (SSSR count). The number of nitrogens with one attached hydrogen (secondary N) is 1. The number of aliphatic hydroxyl groups is 1. The maximum Gasteiger partial charge on any atom is 0.0570 e. The van der Waals surface area contributed by atoms with Crippen molar-refractivity contribution in [1.82, 2.24) is 5.32 Å². The van der Waals surface area contributed by atoms with E-state index in [0.717, 1.165) is 19.4 Å². The summed E-state index contributed by atoms with van der Waals surface area (Å²) in [6.45, 7) is 5.23. The van der Waals surface area contributed by atoms with E-state index in [1.807, 2.05) is 0 Å². The highest BCUT2D eigenvalue weighted by Gasteiger charge is 2.26. The Morgan fingerprint density at radius 2 is 2.07 bits per heavy atom. The SMILES string of the molecule is Cc1cccc(CNC2CC(O)C2)c1C. The third kappa shape index (κ3) is 2.39. The van der Waals surface area contributed by atoms with Crippen LogP contribution < -0.4 is 5.32 Å². The molecule has 1 aliphatic carbocycles. The van der Waals surface area contributed by atoms with Gasteiger partial charge >= 0.3 is 0 Å². The average molecular weight is 205 g/mol. The molecule has 0 saturated heterocycles. The van der Waals surface area contributed by atoms with E-state index in [0.29, 0.717) is 6.04 Å². The molecular weight excluding hydrogens is 186 g/mol. The van der Waals surface area contributed by atoms with Crippen LogP contribution in [0.1, 0.15) is 29.5 Å². The van der Waals surface area contributed by atoms with Crippen LogP contribution in [0.3, 0.4) is 0 Å². The van der Waals surface area contributed by atoms with Crippen molar-refractivity contribution in [2.24, 2.45) is 0 Å². The van der Waals surface area contributed by atoms with E-state index in [1.165, 1.54) is 16.7 Å². The average Bonchev–Trinajstić information content (AvgIpc) is 2.17. The Kier molecular flexibility index (Phi) is 3.08. The van der Waals surface area contributed by atoms with Gasteiger partial charge in [-0.15, -0.1) is 0 Å². The number of benzene rings is 1. The summed E-state index contributed by atoms with van der Waals surface area (Å²) in [6, 6.07) is 6.94. The second-order valence-electron chi connectivity index (χ2n) is 4.56. The number of aliphatic hydroxyl groups excluding tert-OH is 1. The van der Waals surface area contributed by atoms with Gasteiger partial charge in [0.15, 0.2) is 0 Å². The zero-order valence-electron chi connectivity index (χ0n) is 9.46. The highest BCUT2D eigenvalue weighted by molar-refractivity contribution is 5.32. The summed E-state index contributed by atoms with van der Waals surface area (Å²) < 4.78 is 0. The van der Waals surface area contributed by atoms with Gasteiger partial charge in [-0.05, 0) is 43.4 Å². The molecule has 1 fully saturated rings. The molecule has 2 nitrogen and oxygen atoms in total. The summed E-state index contributed by atoms with van der Waals surface area (Å²) in [7, 11) is 0. The number of aryl methyl sites for hydroxylation is 1. The first kappa shape index (κ1) is 10.7. The molecule has 0 aromatic heterocycles. The lowest BCUT2D eigenvalue weighted by molar-refractivity contribution is 0.0619. The molecule has 0 spiro atoms. The van der Waals surface area contributed by atoms with Gasteiger partial charge in [0.25, 0.3) is 0 Å². The summed E-state index contributed by atoms with van der Waals surface area (Å²) >= 11 is 0. The van der Waals surface area contributed by atoms with Crippen molar-refractivity contribution in [1.29, 1.82) is 0 Å². The van der Waals surface area contributed by atoms with E-state index >= 15 is 0 Å². The number of hydrogen-bond acceptors (Lipinski definition) is 2. The van der Waals surface area contributed by atoms with Gasteiger partial charge in [0.05, 0.1) is 6.10 Å². The lowest BCUT2D eigenvalue weighted by Crippen LogP contribution is -2.43. The predicted molar refractivity (Wildman–Crippen MR) is 61.8 cm³/mol. The van der Waals surface area contributed by atoms with E-state index in [2.05, 4.69) is 37.4 Å². The Morgan fingerprint density at radius 3 is 2.73 bits per heavy atom. The van der Waals surface area contributed by atoms with Crippen molar-refractivity contribution in [3.8, 4) is 0 Å². The molecule has 0 radical (unpaired) electrons. The van der Waals surface area contributed by atoms with Crippen LogP contribution >= 0.6 is 0 Å². The quantitative estimate of drug-likeness (QED) is 0.790. The second kappa shape index (κ2) is 4.33. The molecule has 1 saturated carbocycles. The molecule has 82 valence electrons. The maximum absolute atomic E-state index is 9.17. The standard InChI is InChI=1S/C13H19NO/c1-9-4-3-5-11(10(9)2)8-14-12-6-13(15)7-12/h3-5,12-15H,6-8H2,1-2H3. The van der Waals surface area contributed by atoms with Gasteiger partial charge in [0.2, 0.25) is 0 Å². The minimum atomic E-state index is -0.0684. The molecule has 1 aliphatic rings. The Labute approximate surface area is 91.3 Å². The van der Waals surface area contributed by atoms with Gasteiger partial charge in [-0.1, -0.05) is 18.2 Å². The molecule has 2 N–H and O–H groups in total. The van der Waals surface area contributed by atoms with Crippen molar-refractivity contribution in [3.05, 3.63) is 34.9 Å². The molecule has 0 aliphatic heterocycles. The van der Waals surface area contributed by atoms with Crippen LogP contribution in [0.2, 0.25) is 0 Å². The molecule has 0 heterocycles. The monoisotopic (exact) mass is 205 g/mol. The van der Waals surface area contributed by atoms with Gasteiger partial charge in [-0.25, -0.2) is 0 Å². The van der Waals surface area contributed by atoms with Crippen molar-refractivity contribution in [2.75, 3.05) is 0 Å². The van der Waals surface area contributed by atoms with Crippen molar-refractivity contribution in [2.45, 2.75) is 45.4 Å². The van der Waals surface area contributed by atoms with E-state index in [1.54, 1.807) is 0 Å². The third-order valence-electron chi connectivity index (χ3n) is 3.41. The summed E-state index contributed by atoms with van der Waals surface area (Å²) in [5.41, 5.74) is 4.10. The summed E-state index contributed by atoms with van der Waals surface area (Å²) in [4.78, 5) is 0. The molecular formula is C13H19NO. The van der Waals surface area contributed by atoms with E-state index in [4.69, 9.17) is 0 Å².